The Labute approximate surface area is 124 Å². The molecule has 0 spiro atoms. The number of carbonyl (C=O) groups is 1. The third-order valence-electron chi connectivity index (χ3n) is 2.69. The molecule has 4 N–H and O–H groups in total. The second-order valence-corrected chi connectivity index (χ2v) is 4.61. The molecule has 0 saturated heterocycles. The molecule has 0 aliphatic heterocycles. The molecule has 0 bridgehead atoms. The summed E-state index contributed by atoms with van der Waals surface area (Å²) >= 11 is 4.77. The van der Waals surface area contributed by atoms with Gasteiger partial charge in [0.25, 0.3) is 5.91 Å². The van der Waals surface area contributed by atoms with E-state index in [1.807, 2.05) is 0 Å². The zero-order valence-corrected chi connectivity index (χ0v) is 11.4. The van der Waals surface area contributed by atoms with E-state index in [0.717, 1.165) is 24.3 Å². The predicted molar refractivity (Wildman–Crippen MR) is 78.3 cm³/mol. The second kappa shape index (κ2) is 5.84. The van der Waals surface area contributed by atoms with Gasteiger partial charge in [-0.3, -0.25) is 4.79 Å². The molecular formula is C14H10F2N2O2S. The van der Waals surface area contributed by atoms with Crippen LogP contribution in [0.25, 0.3) is 0 Å². The van der Waals surface area contributed by atoms with Crippen LogP contribution in [0.5, 0.6) is 5.75 Å². The molecule has 0 atom stereocenters. The van der Waals surface area contributed by atoms with E-state index in [1.54, 1.807) is 0 Å². The number of halogens is 2. The number of nitrogens with two attached hydrogens (primary N) is 1. The van der Waals surface area contributed by atoms with E-state index in [9.17, 15) is 13.6 Å². The molecule has 0 unspecified atom stereocenters. The van der Waals surface area contributed by atoms with Crippen LogP contribution in [0.15, 0.2) is 36.4 Å². The van der Waals surface area contributed by atoms with Crippen molar-refractivity contribution in [3.8, 4) is 5.75 Å². The van der Waals surface area contributed by atoms with Crippen molar-refractivity contribution in [2.45, 2.75) is 0 Å². The Morgan fingerprint density at radius 2 is 1.86 bits per heavy atom. The van der Waals surface area contributed by atoms with Crippen molar-refractivity contribution >= 4 is 28.8 Å². The smallest absolute Gasteiger partial charge is 0.258 e. The van der Waals surface area contributed by atoms with E-state index in [1.165, 1.54) is 12.1 Å². The minimum Gasteiger partial charge on any atom is -0.508 e. The highest BCUT2D eigenvalue weighted by Gasteiger charge is 2.15. The number of phenolic OH excluding ortho intramolecular Hbond substituents is 1. The fourth-order valence-electron chi connectivity index (χ4n) is 1.71. The van der Waals surface area contributed by atoms with Crippen LogP contribution < -0.4 is 11.1 Å². The molecule has 0 heterocycles. The van der Waals surface area contributed by atoms with E-state index in [0.29, 0.717) is 0 Å². The number of carbonyl (C=O) groups excluding carboxylic acids is 1. The van der Waals surface area contributed by atoms with Gasteiger partial charge in [0.05, 0.1) is 11.3 Å². The first-order chi connectivity index (χ1) is 9.88. The molecule has 108 valence electrons. The minimum atomic E-state index is -0.883. The number of benzene rings is 2. The third kappa shape index (κ3) is 3.32. The summed E-state index contributed by atoms with van der Waals surface area (Å²) in [4.78, 5) is 11.9. The molecule has 0 aliphatic carbocycles. The zero-order chi connectivity index (χ0) is 15.6. The molecule has 1 amide bonds. The summed E-state index contributed by atoms with van der Waals surface area (Å²) in [6.45, 7) is 0. The number of nitrogens with one attached hydrogen (secondary N) is 1. The monoisotopic (exact) mass is 308 g/mol. The number of amides is 1. The first-order valence-electron chi connectivity index (χ1n) is 5.77. The lowest BCUT2D eigenvalue weighted by atomic mass is 10.1. The van der Waals surface area contributed by atoms with Gasteiger partial charge in [-0.25, -0.2) is 8.78 Å². The maximum absolute atomic E-state index is 13.6. The summed E-state index contributed by atoms with van der Waals surface area (Å²) in [6, 6.07) is 6.59. The van der Waals surface area contributed by atoms with E-state index >= 15 is 0 Å². The highest BCUT2D eigenvalue weighted by Crippen LogP contribution is 2.20. The van der Waals surface area contributed by atoms with Gasteiger partial charge in [-0.15, -0.1) is 0 Å². The highest BCUT2D eigenvalue weighted by molar-refractivity contribution is 7.80. The average Bonchev–Trinajstić information content (AvgIpc) is 2.40. The second-order valence-electron chi connectivity index (χ2n) is 4.17. The van der Waals surface area contributed by atoms with Crippen molar-refractivity contribution in [3.63, 3.8) is 0 Å². The van der Waals surface area contributed by atoms with Crippen molar-refractivity contribution in [1.82, 2.24) is 0 Å². The molecule has 0 fully saturated rings. The lowest BCUT2D eigenvalue weighted by molar-refractivity contribution is 0.102. The van der Waals surface area contributed by atoms with Crippen LogP contribution in [-0.4, -0.2) is 16.0 Å². The summed E-state index contributed by atoms with van der Waals surface area (Å²) in [5.41, 5.74) is 5.49. The standard InChI is InChI=1S/C14H10F2N2O2S/c15-7-1-4-12(10(5-7)13(17)21)18-14(20)9-3-2-8(19)6-11(9)16/h1-6,19H,(H2,17,21)(H,18,20). The van der Waals surface area contributed by atoms with Crippen LogP contribution in [0.1, 0.15) is 15.9 Å². The summed E-state index contributed by atoms with van der Waals surface area (Å²) in [5, 5.41) is 11.5. The van der Waals surface area contributed by atoms with Crippen LogP contribution >= 0.6 is 12.2 Å². The summed E-state index contributed by atoms with van der Waals surface area (Å²) in [6.07, 6.45) is 0. The largest absolute Gasteiger partial charge is 0.508 e. The van der Waals surface area contributed by atoms with Crippen LogP contribution in [-0.2, 0) is 0 Å². The normalized spacial score (nSPS) is 10.2. The molecule has 0 aliphatic rings. The van der Waals surface area contributed by atoms with Crippen LogP contribution in [0.3, 0.4) is 0 Å². The molecule has 0 radical (unpaired) electrons. The lowest BCUT2D eigenvalue weighted by Gasteiger charge is -2.11. The third-order valence-corrected chi connectivity index (χ3v) is 2.91. The maximum atomic E-state index is 13.6. The molecule has 2 rings (SSSR count). The van der Waals surface area contributed by atoms with Gasteiger partial charge in [-0.1, -0.05) is 12.2 Å². The summed E-state index contributed by atoms with van der Waals surface area (Å²) in [5.74, 6) is -2.51. The first-order valence-corrected chi connectivity index (χ1v) is 6.18. The Morgan fingerprint density at radius 3 is 2.48 bits per heavy atom. The quantitative estimate of drug-likeness (QED) is 0.762. The van der Waals surface area contributed by atoms with Gasteiger partial charge < -0.3 is 16.2 Å². The summed E-state index contributed by atoms with van der Waals surface area (Å²) in [7, 11) is 0. The van der Waals surface area contributed by atoms with Crippen LogP contribution in [0.2, 0.25) is 0 Å². The number of hydrogen-bond donors (Lipinski definition) is 3. The van der Waals surface area contributed by atoms with Gasteiger partial charge in [0.1, 0.15) is 22.4 Å². The van der Waals surface area contributed by atoms with E-state index in [4.69, 9.17) is 23.1 Å². The van der Waals surface area contributed by atoms with Crippen molar-refractivity contribution in [3.05, 3.63) is 59.2 Å². The van der Waals surface area contributed by atoms with Gasteiger partial charge in [-0.2, -0.15) is 0 Å². The average molecular weight is 308 g/mol. The summed E-state index contributed by atoms with van der Waals surface area (Å²) < 4.78 is 26.8. The van der Waals surface area contributed by atoms with Gasteiger partial charge >= 0.3 is 0 Å². The Hall–Kier alpha value is -2.54. The topological polar surface area (TPSA) is 75.3 Å². The molecule has 2 aromatic carbocycles. The Kier molecular flexibility index (Phi) is 4.13. The molecule has 0 aromatic heterocycles. The number of anilines is 1. The van der Waals surface area contributed by atoms with Crippen LogP contribution in [0.4, 0.5) is 14.5 Å². The van der Waals surface area contributed by atoms with Crippen molar-refractivity contribution in [1.29, 1.82) is 0 Å². The number of phenols is 1. The number of rotatable bonds is 3. The molecular weight excluding hydrogens is 298 g/mol. The molecule has 0 saturated carbocycles. The van der Waals surface area contributed by atoms with Gasteiger partial charge in [0, 0.05) is 11.6 Å². The Bertz CT molecular complexity index is 735. The lowest BCUT2D eigenvalue weighted by Crippen LogP contribution is -2.18. The number of thiocarbonyl (C=S) groups is 1. The Morgan fingerprint density at radius 1 is 1.14 bits per heavy atom. The minimum absolute atomic E-state index is 0.101. The Balaban J connectivity index is 2.34. The predicted octanol–water partition coefficient (Wildman–Crippen LogP) is 2.56. The van der Waals surface area contributed by atoms with Crippen LogP contribution in [0, 0.1) is 11.6 Å². The number of hydrogen-bond acceptors (Lipinski definition) is 3. The molecule has 4 nitrogen and oxygen atoms in total. The highest BCUT2D eigenvalue weighted by atomic mass is 32.1. The first kappa shape index (κ1) is 14.9. The van der Waals surface area contributed by atoms with Gasteiger partial charge in [-0.05, 0) is 30.3 Å². The molecule has 21 heavy (non-hydrogen) atoms. The SMILES string of the molecule is NC(=S)c1cc(F)ccc1NC(=O)c1ccc(O)cc1F. The van der Waals surface area contributed by atoms with Crippen molar-refractivity contribution < 1.29 is 18.7 Å². The molecule has 7 heteroatoms. The van der Waals surface area contributed by atoms with Crippen molar-refractivity contribution in [2.24, 2.45) is 5.73 Å². The molecule has 2 aromatic rings. The van der Waals surface area contributed by atoms with Gasteiger partial charge in [0.2, 0.25) is 0 Å². The zero-order valence-electron chi connectivity index (χ0n) is 10.6. The number of aromatic hydroxyl groups is 1. The fraction of sp³-hybridized carbons (Fsp3) is 0. The van der Waals surface area contributed by atoms with E-state index < -0.39 is 17.5 Å². The van der Waals surface area contributed by atoms with Gasteiger partial charge in [0.15, 0.2) is 0 Å². The van der Waals surface area contributed by atoms with Crippen molar-refractivity contribution in [2.75, 3.05) is 5.32 Å². The maximum Gasteiger partial charge on any atom is 0.258 e. The fourth-order valence-corrected chi connectivity index (χ4v) is 1.88. The van der Waals surface area contributed by atoms with E-state index in [-0.39, 0.29) is 27.6 Å². The van der Waals surface area contributed by atoms with E-state index in [2.05, 4.69) is 5.32 Å².